The van der Waals surface area contributed by atoms with Crippen molar-refractivity contribution in [1.82, 2.24) is 5.32 Å². The Hall–Kier alpha value is -1.29. The van der Waals surface area contributed by atoms with Gasteiger partial charge in [0.05, 0.1) is 0 Å². The minimum absolute atomic E-state index is 0.221. The molecule has 0 saturated carbocycles. The van der Waals surface area contributed by atoms with Crippen LogP contribution in [0, 0.1) is 0 Å². The number of rotatable bonds is 1. The fraction of sp³-hybridized carbons (Fsp3) is 0.111. The van der Waals surface area contributed by atoms with E-state index in [1.807, 2.05) is 30.3 Å². The SMILES string of the molecule is O=C1NC(=O)[C@@H](c2ccccc2)S1. The molecule has 4 heteroatoms. The van der Waals surface area contributed by atoms with Crippen LogP contribution in [-0.4, -0.2) is 11.1 Å². The molecule has 1 N–H and O–H groups in total. The highest BCUT2D eigenvalue weighted by Crippen LogP contribution is 2.33. The summed E-state index contributed by atoms with van der Waals surface area (Å²) in [4.78, 5) is 22.1. The molecule has 2 amide bonds. The number of carbonyl (C=O) groups is 2. The molecular weight excluding hydrogens is 186 g/mol. The van der Waals surface area contributed by atoms with Crippen molar-refractivity contribution in [3.63, 3.8) is 0 Å². The molecule has 1 aliphatic rings. The van der Waals surface area contributed by atoms with E-state index in [-0.39, 0.29) is 16.4 Å². The topological polar surface area (TPSA) is 46.2 Å². The van der Waals surface area contributed by atoms with E-state index in [4.69, 9.17) is 0 Å². The van der Waals surface area contributed by atoms with Crippen LogP contribution in [0.1, 0.15) is 10.8 Å². The van der Waals surface area contributed by atoms with Crippen LogP contribution in [0.3, 0.4) is 0 Å². The highest BCUT2D eigenvalue weighted by Gasteiger charge is 2.32. The quantitative estimate of drug-likeness (QED) is 0.738. The van der Waals surface area contributed by atoms with Crippen molar-refractivity contribution in [3.8, 4) is 0 Å². The normalized spacial score (nSPS) is 21.7. The molecule has 0 bridgehead atoms. The molecule has 1 fully saturated rings. The van der Waals surface area contributed by atoms with Gasteiger partial charge in [-0.15, -0.1) is 0 Å². The van der Waals surface area contributed by atoms with Gasteiger partial charge in [-0.05, 0) is 17.3 Å². The van der Waals surface area contributed by atoms with Gasteiger partial charge in [-0.1, -0.05) is 30.3 Å². The Labute approximate surface area is 79.5 Å². The lowest BCUT2D eigenvalue weighted by Crippen LogP contribution is -2.20. The van der Waals surface area contributed by atoms with Crippen molar-refractivity contribution in [2.75, 3.05) is 0 Å². The van der Waals surface area contributed by atoms with Crippen molar-refractivity contribution >= 4 is 22.9 Å². The molecular formula is C9H7NO2S. The average Bonchev–Trinajstić information content (AvgIpc) is 2.47. The Morgan fingerprint density at radius 1 is 1.15 bits per heavy atom. The molecule has 1 atom stereocenters. The smallest absolute Gasteiger partial charge is 0.286 e. The first-order valence-electron chi connectivity index (χ1n) is 3.84. The zero-order chi connectivity index (χ0) is 9.26. The fourth-order valence-corrected chi connectivity index (χ4v) is 2.04. The Morgan fingerprint density at radius 3 is 2.38 bits per heavy atom. The van der Waals surface area contributed by atoms with Gasteiger partial charge in [0.2, 0.25) is 5.91 Å². The predicted octanol–water partition coefficient (Wildman–Crippen LogP) is 1.71. The highest BCUT2D eigenvalue weighted by atomic mass is 32.2. The van der Waals surface area contributed by atoms with Crippen molar-refractivity contribution in [3.05, 3.63) is 35.9 Å². The molecule has 1 aliphatic heterocycles. The maximum atomic E-state index is 11.2. The Bertz CT molecular complexity index is 350. The molecule has 0 aliphatic carbocycles. The number of nitrogens with one attached hydrogen (secondary N) is 1. The number of hydrogen-bond donors (Lipinski definition) is 1. The first kappa shape index (κ1) is 8.31. The van der Waals surface area contributed by atoms with E-state index < -0.39 is 0 Å². The van der Waals surface area contributed by atoms with Crippen LogP contribution < -0.4 is 5.32 Å². The van der Waals surface area contributed by atoms with Gasteiger partial charge in [0.25, 0.3) is 5.24 Å². The molecule has 2 rings (SSSR count). The molecule has 0 radical (unpaired) electrons. The van der Waals surface area contributed by atoms with Gasteiger partial charge < -0.3 is 0 Å². The molecule has 1 saturated heterocycles. The van der Waals surface area contributed by atoms with Crippen molar-refractivity contribution in [2.45, 2.75) is 5.25 Å². The minimum Gasteiger partial charge on any atom is -0.286 e. The Morgan fingerprint density at radius 2 is 1.85 bits per heavy atom. The zero-order valence-corrected chi connectivity index (χ0v) is 7.51. The standard InChI is InChI=1S/C9H7NO2S/c11-8-7(13-9(12)10-8)6-4-2-1-3-5-6/h1-5,7H,(H,10,11,12)/t7-/m1/s1. The molecule has 0 aromatic heterocycles. The fourth-order valence-electron chi connectivity index (χ4n) is 1.20. The van der Waals surface area contributed by atoms with E-state index in [0.29, 0.717) is 0 Å². The Kier molecular flexibility index (Phi) is 2.06. The van der Waals surface area contributed by atoms with Gasteiger partial charge in [0.15, 0.2) is 0 Å². The second-order valence-corrected chi connectivity index (χ2v) is 3.76. The Balaban J connectivity index is 2.28. The van der Waals surface area contributed by atoms with Crippen molar-refractivity contribution in [1.29, 1.82) is 0 Å². The average molecular weight is 193 g/mol. The number of hydrogen-bond acceptors (Lipinski definition) is 3. The third-order valence-electron chi connectivity index (χ3n) is 1.79. The van der Waals surface area contributed by atoms with E-state index in [9.17, 15) is 9.59 Å². The van der Waals surface area contributed by atoms with Crippen LogP contribution in [0.2, 0.25) is 0 Å². The van der Waals surface area contributed by atoms with Crippen molar-refractivity contribution < 1.29 is 9.59 Å². The zero-order valence-electron chi connectivity index (χ0n) is 6.69. The third kappa shape index (κ3) is 1.58. The number of amides is 2. The maximum Gasteiger partial charge on any atom is 0.286 e. The summed E-state index contributed by atoms with van der Waals surface area (Å²) < 4.78 is 0. The third-order valence-corrected chi connectivity index (χ3v) is 2.83. The first-order chi connectivity index (χ1) is 6.27. The first-order valence-corrected chi connectivity index (χ1v) is 4.72. The number of carbonyl (C=O) groups excluding carboxylic acids is 2. The molecule has 13 heavy (non-hydrogen) atoms. The van der Waals surface area contributed by atoms with Crippen LogP contribution >= 0.6 is 11.8 Å². The van der Waals surface area contributed by atoms with Gasteiger partial charge in [0.1, 0.15) is 5.25 Å². The van der Waals surface area contributed by atoms with Crippen LogP contribution in [0.25, 0.3) is 0 Å². The molecule has 3 nitrogen and oxygen atoms in total. The molecule has 1 aromatic rings. The minimum atomic E-state index is -0.367. The van der Waals surface area contributed by atoms with Gasteiger partial charge in [0, 0.05) is 0 Å². The lowest BCUT2D eigenvalue weighted by Gasteiger charge is -2.03. The summed E-state index contributed by atoms with van der Waals surface area (Å²) in [5.74, 6) is -0.221. The van der Waals surface area contributed by atoms with Crippen LogP contribution in [0.5, 0.6) is 0 Å². The van der Waals surface area contributed by atoms with Crippen LogP contribution in [-0.2, 0) is 4.79 Å². The van der Waals surface area contributed by atoms with E-state index >= 15 is 0 Å². The summed E-state index contributed by atoms with van der Waals surface area (Å²) in [6.07, 6.45) is 0. The number of benzene rings is 1. The molecule has 66 valence electrons. The molecule has 0 unspecified atom stereocenters. The maximum absolute atomic E-state index is 11.2. The van der Waals surface area contributed by atoms with E-state index in [1.54, 1.807) is 0 Å². The number of thioether (sulfide) groups is 1. The monoisotopic (exact) mass is 193 g/mol. The largest absolute Gasteiger partial charge is 0.286 e. The van der Waals surface area contributed by atoms with Gasteiger partial charge in [-0.2, -0.15) is 0 Å². The predicted molar refractivity (Wildman–Crippen MR) is 50.3 cm³/mol. The summed E-state index contributed by atoms with van der Waals surface area (Å²) >= 11 is 1.03. The van der Waals surface area contributed by atoms with Crippen LogP contribution in [0.15, 0.2) is 30.3 Å². The lowest BCUT2D eigenvalue weighted by atomic mass is 10.1. The second kappa shape index (κ2) is 3.22. The summed E-state index contributed by atoms with van der Waals surface area (Å²) in [6, 6.07) is 9.27. The van der Waals surface area contributed by atoms with E-state index in [2.05, 4.69) is 5.32 Å². The molecule has 1 aromatic carbocycles. The van der Waals surface area contributed by atoms with Gasteiger partial charge in [-0.25, -0.2) is 0 Å². The number of imide groups is 1. The molecule has 0 spiro atoms. The summed E-state index contributed by atoms with van der Waals surface area (Å²) in [5, 5.41) is 1.62. The summed E-state index contributed by atoms with van der Waals surface area (Å²) in [6.45, 7) is 0. The van der Waals surface area contributed by atoms with Gasteiger partial charge >= 0.3 is 0 Å². The summed E-state index contributed by atoms with van der Waals surface area (Å²) in [7, 11) is 0. The second-order valence-electron chi connectivity index (χ2n) is 2.69. The lowest BCUT2D eigenvalue weighted by molar-refractivity contribution is -0.119. The van der Waals surface area contributed by atoms with Crippen LogP contribution in [0.4, 0.5) is 4.79 Å². The van der Waals surface area contributed by atoms with E-state index in [1.165, 1.54) is 0 Å². The van der Waals surface area contributed by atoms with Gasteiger partial charge in [-0.3, -0.25) is 14.9 Å². The highest BCUT2D eigenvalue weighted by molar-refractivity contribution is 8.15. The summed E-state index contributed by atoms with van der Waals surface area (Å²) in [5.41, 5.74) is 0.871. The molecule has 1 heterocycles. The van der Waals surface area contributed by atoms with E-state index in [0.717, 1.165) is 17.3 Å². The van der Waals surface area contributed by atoms with Crippen molar-refractivity contribution in [2.24, 2.45) is 0 Å².